The molecule has 0 aliphatic heterocycles. The zero-order chi connectivity index (χ0) is 18.2. The van der Waals surface area contributed by atoms with Gasteiger partial charge in [-0.3, -0.25) is 4.79 Å². The van der Waals surface area contributed by atoms with Crippen molar-refractivity contribution in [1.82, 2.24) is 0 Å². The van der Waals surface area contributed by atoms with Crippen LogP contribution in [0.15, 0.2) is 0 Å². The van der Waals surface area contributed by atoms with Gasteiger partial charge in [0, 0.05) is 0 Å². The van der Waals surface area contributed by atoms with Gasteiger partial charge in [0.25, 0.3) is 0 Å². The van der Waals surface area contributed by atoms with Crippen molar-refractivity contribution in [2.45, 2.75) is 79.3 Å². The first-order chi connectivity index (χ1) is 10.2. The number of rotatable bonds is 5. The fourth-order valence-corrected chi connectivity index (χ4v) is 3.58. The van der Waals surface area contributed by atoms with E-state index in [-0.39, 0.29) is 11.3 Å². The fraction of sp³-hybridized carbons (Fsp3) is 0.941. The van der Waals surface area contributed by atoms with Crippen LogP contribution >= 0.6 is 0 Å². The summed E-state index contributed by atoms with van der Waals surface area (Å²) in [6.45, 7) is 10.3. The molecule has 3 atom stereocenters. The van der Waals surface area contributed by atoms with Gasteiger partial charge in [-0.1, -0.05) is 27.7 Å². The van der Waals surface area contributed by atoms with E-state index in [4.69, 9.17) is 0 Å². The highest BCUT2D eigenvalue weighted by Gasteiger charge is 2.53. The first-order valence-electron chi connectivity index (χ1n) is 8.08. The van der Waals surface area contributed by atoms with Crippen LogP contribution in [-0.4, -0.2) is 24.4 Å². The van der Waals surface area contributed by atoms with Crippen LogP contribution in [-0.2, 0) is 9.53 Å². The molecule has 0 amide bonds. The molecule has 0 saturated heterocycles. The van der Waals surface area contributed by atoms with Crippen molar-refractivity contribution in [3.63, 3.8) is 0 Å². The third-order valence-electron chi connectivity index (χ3n) is 4.61. The van der Waals surface area contributed by atoms with Crippen molar-refractivity contribution < 1.29 is 27.1 Å². The number of alkyl halides is 4. The van der Waals surface area contributed by atoms with Crippen LogP contribution in [0, 0.1) is 22.7 Å². The van der Waals surface area contributed by atoms with E-state index in [0.717, 1.165) is 19.8 Å². The molecule has 0 N–H and O–H groups in total. The summed E-state index contributed by atoms with van der Waals surface area (Å²) in [5.41, 5.74) is -1.27. The van der Waals surface area contributed by atoms with E-state index >= 15 is 0 Å². The Morgan fingerprint density at radius 1 is 1.17 bits per heavy atom. The van der Waals surface area contributed by atoms with Crippen molar-refractivity contribution in [2.24, 2.45) is 22.7 Å². The number of hydrogen-bond donors (Lipinski definition) is 0. The van der Waals surface area contributed by atoms with Crippen LogP contribution in [0.4, 0.5) is 17.6 Å². The van der Waals surface area contributed by atoms with Crippen molar-refractivity contribution in [3.8, 4) is 0 Å². The van der Waals surface area contributed by atoms with Gasteiger partial charge >= 0.3 is 12.1 Å². The molecule has 6 heteroatoms. The zero-order valence-electron chi connectivity index (χ0n) is 14.8. The highest BCUT2D eigenvalue weighted by Crippen LogP contribution is 2.51. The average Bonchev–Trinajstić information content (AvgIpc) is 2.27. The molecule has 0 bridgehead atoms. The Balaban J connectivity index is 3.00. The summed E-state index contributed by atoms with van der Waals surface area (Å²) < 4.78 is 56.6. The van der Waals surface area contributed by atoms with Gasteiger partial charge in [-0.05, 0) is 50.4 Å². The van der Waals surface area contributed by atoms with E-state index in [9.17, 15) is 22.4 Å². The molecule has 136 valence electrons. The molecular weight excluding hydrogens is 312 g/mol. The lowest BCUT2D eigenvalue weighted by Gasteiger charge is -2.47. The van der Waals surface area contributed by atoms with Crippen LogP contribution < -0.4 is 0 Å². The molecule has 2 nitrogen and oxygen atoms in total. The topological polar surface area (TPSA) is 26.3 Å². The summed E-state index contributed by atoms with van der Waals surface area (Å²) in [4.78, 5) is 12.6. The second kappa shape index (κ2) is 6.60. The van der Waals surface area contributed by atoms with Gasteiger partial charge in [0.05, 0.1) is 5.41 Å². The standard InChI is InChI=1S/C17H28F4O2/c1-10-7-12(8-10)16(6,9-15(3,4)5)14(22)23-13(11(2)18)17(19,20)21/h10-13H,7-9H2,1-6H3. The second-order valence-electron chi connectivity index (χ2n) is 8.47. The summed E-state index contributed by atoms with van der Waals surface area (Å²) in [5, 5.41) is 0. The van der Waals surface area contributed by atoms with Gasteiger partial charge in [-0.2, -0.15) is 13.2 Å². The van der Waals surface area contributed by atoms with Crippen LogP contribution in [0.2, 0.25) is 0 Å². The molecule has 23 heavy (non-hydrogen) atoms. The highest BCUT2D eigenvalue weighted by atomic mass is 19.4. The van der Waals surface area contributed by atoms with E-state index in [1.54, 1.807) is 6.92 Å². The molecule has 1 fully saturated rings. The minimum absolute atomic E-state index is 0.0203. The van der Waals surface area contributed by atoms with Crippen molar-refractivity contribution in [3.05, 3.63) is 0 Å². The van der Waals surface area contributed by atoms with Gasteiger partial charge in [-0.15, -0.1) is 0 Å². The maximum Gasteiger partial charge on any atom is 0.428 e. The number of hydrogen-bond acceptors (Lipinski definition) is 2. The lowest BCUT2D eigenvalue weighted by atomic mass is 9.58. The van der Waals surface area contributed by atoms with Crippen LogP contribution in [0.1, 0.15) is 60.8 Å². The normalized spacial score (nSPS) is 27.6. The monoisotopic (exact) mass is 340 g/mol. The Morgan fingerprint density at radius 3 is 1.96 bits per heavy atom. The van der Waals surface area contributed by atoms with E-state index in [1.807, 2.05) is 27.7 Å². The number of esters is 1. The molecule has 0 spiro atoms. The molecule has 0 heterocycles. The van der Waals surface area contributed by atoms with Gasteiger partial charge in [0.2, 0.25) is 6.10 Å². The zero-order valence-corrected chi connectivity index (χ0v) is 14.8. The Labute approximate surface area is 136 Å². The molecule has 0 radical (unpaired) electrons. The largest absolute Gasteiger partial charge is 0.449 e. The third kappa shape index (κ3) is 5.08. The van der Waals surface area contributed by atoms with Crippen LogP contribution in [0.25, 0.3) is 0 Å². The summed E-state index contributed by atoms with van der Waals surface area (Å²) in [6.07, 6.45) is -7.93. The molecule has 0 aromatic carbocycles. The summed E-state index contributed by atoms with van der Waals surface area (Å²) in [6, 6.07) is 0. The Hall–Kier alpha value is -0.810. The lowest BCUT2D eigenvalue weighted by molar-refractivity contribution is -0.241. The molecule has 1 aliphatic rings. The lowest BCUT2D eigenvalue weighted by Crippen LogP contribution is -2.49. The molecule has 0 aromatic heterocycles. The van der Waals surface area contributed by atoms with Gasteiger partial charge in [-0.25, -0.2) is 4.39 Å². The first kappa shape index (κ1) is 20.2. The Morgan fingerprint density at radius 2 is 1.65 bits per heavy atom. The molecular formula is C17H28F4O2. The van der Waals surface area contributed by atoms with E-state index in [2.05, 4.69) is 4.74 Å². The SMILES string of the molecule is CC1CC(C(C)(CC(C)(C)C)C(=O)OC(C(C)F)C(F)(F)F)C1. The molecule has 1 aliphatic carbocycles. The highest BCUT2D eigenvalue weighted by molar-refractivity contribution is 5.77. The van der Waals surface area contributed by atoms with Crippen molar-refractivity contribution in [1.29, 1.82) is 0 Å². The smallest absolute Gasteiger partial charge is 0.428 e. The van der Waals surface area contributed by atoms with E-state index in [1.165, 1.54) is 0 Å². The minimum Gasteiger partial charge on any atom is -0.449 e. The summed E-state index contributed by atoms with van der Waals surface area (Å²) in [5.74, 6) is -0.505. The van der Waals surface area contributed by atoms with E-state index in [0.29, 0.717) is 12.3 Å². The molecule has 3 unspecified atom stereocenters. The number of ether oxygens (including phenoxy) is 1. The van der Waals surface area contributed by atoms with E-state index < -0.39 is 29.8 Å². The Kier molecular flexibility index (Phi) is 5.80. The molecule has 0 aromatic rings. The maximum atomic E-state index is 13.3. The van der Waals surface area contributed by atoms with Crippen molar-refractivity contribution in [2.75, 3.05) is 0 Å². The quantitative estimate of drug-likeness (QED) is 0.501. The second-order valence-corrected chi connectivity index (χ2v) is 8.47. The number of carbonyl (C=O) groups excluding carboxylic acids is 1. The number of halogens is 4. The van der Waals surface area contributed by atoms with Gasteiger partial charge in [0.1, 0.15) is 6.17 Å². The minimum atomic E-state index is -4.90. The summed E-state index contributed by atoms with van der Waals surface area (Å²) in [7, 11) is 0. The summed E-state index contributed by atoms with van der Waals surface area (Å²) >= 11 is 0. The van der Waals surface area contributed by atoms with Crippen LogP contribution in [0.3, 0.4) is 0 Å². The fourth-order valence-electron chi connectivity index (χ4n) is 3.58. The van der Waals surface area contributed by atoms with Gasteiger partial charge in [0.15, 0.2) is 0 Å². The van der Waals surface area contributed by atoms with Gasteiger partial charge < -0.3 is 4.74 Å². The average molecular weight is 340 g/mol. The predicted octanol–water partition coefficient (Wildman–Crippen LogP) is 5.31. The van der Waals surface area contributed by atoms with Crippen LogP contribution in [0.5, 0.6) is 0 Å². The Bertz CT molecular complexity index is 419. The number of carbonyl (C=O) groups is 1. The third-order valence-corrected chi connectivity index (χ3v) is 4.61. The maximum absolute atomic E-state index is 13.3. The molecule has 1 saturated carbocycles. The predicted molar refractivity (Wildman–Crippen MR) is 80.6 cm³/mol. The first-order valence-corrected chi connectivity index (χ1v) is 8.08. The van der Waals surface area contributed by atoms with Crippen molar-refractivity contribution >= 4 is 5.97 Å². The molecule has 1 rings (SSSR count).